The van der Waals surface area contributed by atoms with Gasteiger partial charge in [0, 0.05) is 0 Å². The second-order valence-corrected chi connectivity index (χ2v) is 15.7. The van der Waals surface area contributed by atoms with Crippen molar-refractivity contribution < 1.29 is 6.15 Å². The summed E-state index contributed by atoms with van der Waals surface area (Å²) in [5.41, 5.74) is 0. The maximum atomic E-state index is 6.56. The first kappa shape index (κ1) is 16.1. The third kappa shape index (κ3) is 4.87. The minimum absolute atomic E-state index is 0.391. The number of unbranched alkanes of at least 4 members (excludes halogenated alkanes) is 2. The second kappa shape index (κ2) is 8.20. The van der Waals surface area contributed by atoms with Crippen LogP contribution in [0.4, 0.5) is 0 Å². The zero-order valence-corrected chi connectivity index (χ0v) is 15.7. The first-order chi connectivity index (χ1) is 9.28. The average Bonchev–Trinajstić information content (AvgIpc) is 3.06. The van der Waals surface area contributed by atoms with Crippen LogP contribution in [0.25, 0.3) is 0 Å². The molecule has 0 N–H and O–H groups in total. The summed E-state index contributed by atoms with van der Waals surface area (Å²) in [5.74, 6) is 0. The summed E-state index contributed by atoms with van der Waals surface area (Å²) in [6, 6.07) is 0. The van der Waals surface area contributed by atoms with Crippen molar-refractivity contribution in [2.75, 3.05) is 26.2 Å². The number of nitrogens with zero attached hydrogens (tertiary/aromatic N) is 1. The van der Waals surface area contributed by atoms with Crippen LogP contribution in [0.1, 0.15) is 52.4 Å². The molecule has 112 valence electrons. The van der Waals surface area contributed by atoms with Crippen molar-refractivity contribution in [2.45, 2.75) is 67.3 Å². The Morgan fingerprint density at radius 3 is 2.26 bits per heavy atom. The molecule has 2 saturated heterocycles. The van der Waals surface area contributed by atoms with Crippen molar-refractivity contribution in [3.05, 3.63) is 0 Å². The van der Waals surface area contributed by atoms with Crippen LogP contribution in [0.2, 0.25) is 8.87 Å². The Bertz CT molecular complexity index is 249. The summed E-state index contributed by atoms with van der Waals surface area (Å²) in [5, 5.41) is 0. The van der Waals surface area contributed by atoms with Gasteiger partial charge in [0.15, 0.2) is 0 Å². The van der Waals surface area contributed by atoms with Crippen molar-refractivity contribution >= 4 is 19.2 Å². The van der Waals surface area contributed by atoms with Crippen LogP contribution in [-0.2, 0) is 6.15 Å². The van der Waals surface area contributed by atoms with E-state index >= 15 is 0 Å². The molecule has 4 heteroatoms. The molecule has 1 unspecified atom stereocenters. The molecule has 2 heterocycles. The Hall–Kier alpha value is 0.679. The van der Waals surface area contributed by atoms with Gasteiger partial charge in [-0.15, -0.1) is 0 Å². The minimum atomic E-state index is -2.65. The van der Waals surface area contributed by atoms with Crippen molar-refractivity contribution in [1.29, 1.82) is 0 Å². The molecule has 0 aromatic rings. The van der Waals surface area contributed by atoms with E-state index in [1.165, 1.54) is 60.5 Å². The topological polar surface area (TPSA) is 21.7 Å². The van der Waals surface area contributed by atoms with Gasteiger partial charge in [-0.1, -0.05) is 0 Å². The Kier molecular flexibility index (Phi) is 6.93. The quantitative estimate of drug-likeness (QED) is 0.605. The van der Waals surface area contributed by atoms with Gasteiger partial charge >= 0.3 is 124 Å². The predicted octanol–water partition coefficient (Wildman–Crippen LogP) is 3.54. The molecule has 3 nitrogen and oxygen atoms in total. The number of hydrogen-bond acceptors (Lipinski definition) is 3. The normalized spacial score (nSPS) is 27.2. The number of likely N-dealkylation sites (tertiary alicyclic amines) is 1. The van der Waals surface area contributed by atoms with Gasteiger partial charge in [-0.2, -0.15) is 0 Å². The molecule has 2 fully saturated rings. The molecule has 2 rings (SSSR count). The Labute approximate surface area is 124 Å². The number of rotatable bonds is 8. The van der Waals surface area contributed by atoms with E-state index in [1.54, 1.807) is 0 Å². The standard InChI is InChI=1S/C7H13NO2.2C4H9.Sn/c9-6-7(10)5-8-3-1-2-4-8;2*1-3-4-2;/h7H,1-6H2;2*1,3-4H2,2H3;/q-2;;;+2. The van der Waals surface area contributed by atoms with Gasteiger partial charge in [0.1, 0.15) is 0 Å². The van der Waals surface area contributed by atoms with Crippen molar-refractivity contribution in [2.24, 2.45) is 0 Å². The molecule has 1 atom stereocenters. The van der Waals surface area contributed by atoms with E-state index in [4.69, 9.17) is 6.15 Å². The van der Waals surface area contributed by atoms with E-state index in [9.17, 15) is 0 Å². The molecule has 0 amide bonds. The molecule has 0 radical (unpaired) electrons. The molecule has 19 heavy (non-hydrogen) atoms. The molecule has 0 bridgehead atoms. The van der Waals surface area contributed by atoms with Gasteiger partial charge in [-0.25, -0.2) is 0 Å². The summed E-state index contributed by atoms with van der Waals surface area (Å²) < 4.78 is 15.4. The molecule has 2 aliphatic rings. The summed E-state index contributed by atoms with van der Waals surface area (Å²) >= 11 is -2.65. The fourth-order valence-corrected chi connectivity index (χ4v) is 14.3. The average molecular weight is 376 g/mol. The number of hydrogen-bond donors (Lipinski definition) is 0. The molecular formula is C15H31NO2Sn. The van der Waals surface area contributed by atoms with Crippen LogP contribution < -0.4 is 0 Å². The van der Waals surface area contributed by atoms with E-state index < -0.39 is 19.2 Å². The van der Waals surface area contributed by atoms with Crippen LogP contribution in [0.3, 0.4) is 0 Å². The van der Waals surface area contributed by atoms with Crippen LogP contribution in [-0.4, -0.2) is 56.5 Å². The zero-order chi connectivity index (χ0) is 13.6. The van der Waals surface area contributed by atoms with Gasteiger partial charge in [0.25, 0.3) is 0 Å². The third-order valence-electron chi connectivity index (χ3n) is 4.40. The van der Waals surface area contributed by atoms with E-state index in [1.807, 2.05) is 0 Å². The molecule has 0 aliphatic carbocycles. The van der Waals surface area contributed by atoms with Crippen LogP contribution in [0.15, 0.2) is 0 Å². The monoisotopic (exact) mass is 377 g/mol. The van der Waals surface area contributed by atoms with Gasteiger partial charge in [-0.3, -0.25) is 0 Å². The van der Waals surface area contributed by atoms with Crippen LogP contribution >= 0.6 is 0 Å². The van der Waals surface area contributed by atoms with Gasteiger partial charge in [0.2, 0.25) is 0 Å². The first-order valence-corrected chi connectivity index (χ1v) is 14.7. The molecule has 0 aromatic heterocycles. The van der Waals surface area contributed by atoms with E-state index in [0.717, 1.165) is 13.2 Å². The Morgan fingerprint density at radius 1 is 1.05 bits per heavy atom. The predicted molar refractivity (Wildman–Crippen MR) is 81.7 cm³/mol. The molecular weight excluding hydrogens is 345 g/mol. The van der Waals surface area contributed by atoms with E-state index in [0.29, 0.717) is 6.10 Å². The first-order valence-electron chi connectivity index (χ1n) is 8.32. The SMILES string of the molecule is CCC[CH2][Sn]1([CH2]CCC)[O]CC(CN2CCCC2)[O]1. The Balaban J connectivity index is 1.82. The van der Waals surface area contributed by atoms with E-state index in [-0.39, 0.29) is 0 Å². The van der Waals surface area contributed by atoms with Crippen LogP contribution in [0.5, 0.6) is 0 Å². The van der Waals surface area contributed by atoms with Gasteiger partial charge in [0.05, 0.1) is 0 Å². The fraction of sp³-hybridized carbons (Fsp3) is 1.00. The third-order valence-corrected chi connectivity index (χ3v) is 14.9. The summed E-state index contributed by atoms with van der Waals surface area (Å²) in [6.07, 6.45) is 8.28. The molecule has 2 aliphatic heterocycles. The van der Waals surface area contributed by atoms with E-state index in [2.05, 4.69) is 18.7 Å². The molecule has 0 aromatic carbocycles. The molecule has 0 saturated carbocycles. The summed E-state index contributed by atoms with van der Waals surface area (Å²) in [6.45, 7) is 9.10. The van der Waals surface area contributed by atoms with Crippen molar-refractivity contribution in [3.8, 4) is 0 Å². The molecule has 0 spiro atoms. The summed E-state index contributed by atoms with van der Waals surface area (Å²) in [4.78, 5) is 2.57. The van der Waals surface area contributed by atoms with Crippen molar-refractivity contribution in [1.82, 2.24) is 4.90 Å². The maximum absolute atomic E-state index is 6.56. The van der Waals surface area contributed by atoms with Crippen LogP contribution in [0, 0.1) is 0 Å². The summed E-state index contributed by atoms with van der Waals surface area (Å²) in [7, 11) is 0. The Morgan fingerprint density at radius 2 is 1.68 bits per heavy atom. The van der Waals surface area contributed by atoms with Crippen molar-refractivity contribution in [3.63, 3.8) is 0 Å². The van der Waals surface area contributed by atoms with Gasteiger partial charge < -0.3 is 0 Å². The fourth-order valence-electron chi connectivity index (χ4n) is 3.24. The second-order valence-electron chi connectivity index (χ2n) is 6.18. The van der Waals surface area contributed by atoms with Gasteiger partial charge in [-0.05, 0) is 0 Å². The zero-order valence-electron chi connectivity index (χ0n) is 12.8.